The Labute approximate surface area is 168 Å². The normalized spacial score (nSPS) is 36.8. The van der Waals surface area contributed by atoms with E-state index in [1.54, 1.807) is 0 Å². The molecule has 3 unspecified atom stereocenters. The molecule has 154 valence electrons. The molecule has 1 aromatic carbocycles. The molecule has 0 bridgehead atoms. The number of amides is 1. The van der Waals surface area contributed by atoms with Crippen LogP contribution in [0.1, 0.15) is 51.5 Å². The number of hydrogen-bond acceptors (Lipinski definition) is 4. The number of carbonyl (C=O) groups excluding carboxylic acids is 1. The minimum absolute atomic E-state index is 0.0351. The molecule has 0 aromatic heterocycles. The van der Waals surface area contributed by atoms with Crippen molar-refractivity contribution in [2.45, 2.75) is 62.5 Å². The lowest BCUT2D eigenvalue weighted by Gasteiger charge is -2.57. The molecule has 0 radical (unpaired) electrons. The summed E-state index contributed by atoms with van der Waals surface area (Å²) in [6.45, 7) is 9.02. The monoisotopic (exact) mass is 386 g/mol. The van der Waals surface area contributed by atoms with E-state index in [9.17, 15) is 9.90 Å². The fraction of sp³-hybridized carbons (Fsp3) is 0.696. The van der Waals surface area contributed by atoms with Crippen LogP contribution in [0.2, 0.25) is 0 Å². The lowest BCUT2D eigenvalue weighted by molar-refractivity contribution is -0.149. The molecule has 3 aliphatic heterocycles. The zero-order chi connectivity index (χ0) is 19.8. The molecule has 28 heavy (non-hydrogen) atoms. The third kappa shape index (κ3) is 3.85. The van der Waals surface area contributed by atoms with Gasteiger partial charge in [-0.3, -0.25) is 9.69 Å². The molecule has 5 heteroatoms. The first-order chi connectivity index (χ1) is 13.3. The molecule has 1 amide bonds. The van der Waals surface area contributed by atoms with Gasteiger partial charge in [-0.15, -0.1) is 0 Å². The lowest BCUT2D eigenvalue weighted by atomic mass is 9.65. The van der Waals surface area contributed by atoms with Crippen LogP contribution in [-0.4, -0.2) is 71.3 Å². The number of nitrogens with zero attached hydrogens (tertiary/aromatic N) is 2. The first kappa shape index (κ1) is 19.9. The van der Waals surface area contributed by atoms with Gasteiger partial charge in [0, 0.05) is 37.1 Å². The Morgan fingerprint density at radius 2 is 1.79 bits per heavy atom. The van der Waals surface area contributed by atoms with Crippen LogP contribution in [0.3, 0.4) is 0 Å². The van der Waals surface area contributed by atoms with Crippen LogP contribution < -0.4 is 0 Å². The smallest absolute Gasteiger partial charge is 0.225 e. The summed E-state index contributed by atoms with van der Waals surface area (Å²) in [5, 5.41) is 11.3. The van der Waals surface area contributed by atoms with Crippen molar-refractivity contribution in [1.29, 1.82) is 0 Å². The summed E-state index contributed by atoms with van der Waals surface area (Å²) < 4.78 is 5.34. The van der Waals surface area contributed by atoms with Crippen LogP contribution in [0.5, 0.6) is 0 Å². The van der Waals surface area contributed by atoms with Crippen molar-refractivity contribution >= 4 is 5.91 Å². The highest BCUT2D eigenvalue weighted by molar-refractivity contribution is 5.77. The Balaban J connectivity index is 1.43. The number of rotatable bonds is 3. The van der Waals surface area contributed by atoms with Gasteiger partial charge in [-0.2, -0.15) is 0 Å². The average molecular weight is 387 g/mol. The molecular formula is C23H34N2O3. The standard InChI is InChI=1S/C23H34N2O3/c1-21(19-6-4-3-5-7-19)8-9-22(2)17-23(27,10-11-25(22)18-21)16-20(26)24-12-14-28-15-13-24/h3-7,27H,8-18H2,1-2H3. The second-order valence-electron chi connectivity index (χ2n) is 9.67. The predicted octanol–water partition coefficient (Wildman–Crippen LogP) is 2.57. The summed E-state index contributed by atoms with van der Waals surface area (Å²) in [5.41, 5.74) is 0.633. The minimum atomic E-state index is -0.888. The van der Waals surface area contributed by atoms with Gasteiger partial charge in [-0.25, -0.2) is 0 Å². The highest BCUT2D eigenvalue weighted by Gasteiger charge is 2.51. The van der Waals surface area contributed by atoms with Gasteiger partial charge in [-0.05, 0) is 38.2 Å². The van der Waals surface area contributed by atoms with Gasteiger partial charge in [0.25, 0.3) is 0 Å². The SMILES string of the molecule is CC1(c2ccccc2)CCC2(C)CC(O)(CC(=O)N3CCOCC3)CCN2C1. The molecule has 4 rings (SSSR count). The Hall–Kier alpha value is -1.43. The van der Waals surface area contributed by atoms with Gasteiger partial charge in [-0.1, -0.05) is 37.3 Å². The zero-order valence-electron chi connectivity index (χ0n) is 17.3. The summed E-state index contributed by atoms with van der Waals surface area (Å²) in [5.74, 6) is 0.0767. The van der Waals surface area contributed by atoms with Crippen molar-refractivity contribution in [2.75, 3.05) is 39.4 Å². The predicted molar refractivity (Wildman–Crippen MR) is 109 cm³/mol. The Bertz CT molecular complexity index is 705. The molecule has 1 aromatic rings. The van der Waals surface area contributed by atoms with Crippen LogP contribution in [0.15, 0.2) is 30.3 Å². The second kappa shape index (κ2) is 7.43. The molecule has 3 atom stereocenters. The number of aliphatic hydroxyl groups is 1. The van der Waals surface area contributed by atoms with E-state index >= 15 is 0 Å². The fourth-order valence-corrected chi connectivity index (χ4v) is 5.52. The Kier molecular flexibility index (Phi) is 5.27. The van der Waals surface area contributed by atoms with Gasteiger partial charge < -0.3 is 14.7 Å². The molecule has 3 saturated heterocycles. The van der Waals surface area contributed by atoms with Crippen LogP contribution >= 0.6 is 0 Å². The van der Waals surface area contributed by atoms with Gasteiger partial charge in [0.15, 0.2) is 0 Å². The number of morpholine rings is 1. The van der Waals surface area contributed by atoms with E-state index in [0.717, 1.165) is 25.9 Å². The van der Waals surface area contributed by atoms with E-state index < -0.39 is 5.60 Å². The minimum Gasteiger partial charge on any atom is -0.389 e. The molecule has 0 spiro atoms. The summed E-state index contributed by atoms with van der Waals surface area (Å²) in [7, 11) is 0. The first-order valence-corrected chi connectivity index (χ1v) is 10.7. The third-order valence-corrected chi connectivity index (χ3v) is 7.39. The maximum atomic E-state index is 12.7. The highest BCUT2D eigenvalue weighted by atomic mass is 16.5. The van der Waals surface area contributed by atoms with Gasteiger partial charge in [0.2, 0.25) is 5.91 Å². The Morgan fingerprint density at radius 3 is 2.50 bits per heavy atom. The number of carbonyl (C=O) groups is 1. The number of benzene rings is 1. The van der Waals surface area contributed by atoms with Crippen molar-refractivity contribution in [3.63, 3.8) is 0 Å². The molecule has 3 aliphatic rings. The maximum absolute atomic E-state index is 12.7. The topological polar surface area (TPSA) is 53.0 Å². The fourth-order valence-electron chi connectivity index (χ4n) is 5.52. The van der Waals surface area contributed by atoms with Crippen LogP contribution in [0.4, 0.5) is 0 Å². The summed E-state index contributed by atoms with van der Waals surface area (Å²) in [6.07, 6.45) is 3.75. The van der Waals surface area contributed by atoms with Crippen molar-refractivity contribution in [2.24, 2.45) is 0 Å². The van der Waals surface area contributed by atoms with Crippen LogP contribution in [0, 0.1) is 0 Å². The van der Waals surface area contributed by atoms with E-state index in [-0.39, 0.29) is 23.3 Å². The number of fused-ring (bicyclic) bond motifs is 1. The van der Waals surface area contributed by atoms with Gasteiger partial charge in [0.1, 0.15) is 0 Å². The zero-order valence-corrected chi connectivity index (χ0v) is 17.3. The largest absolute Gasteiger partial charge is 0.389 e. The number of piperidine rings is 2. The van der Waals surface area contributed by atoms with Crippen molar-refractivity contribution in [1.82, 2.24) is 9.80 Å². The molecule has 3 heterocycles. The van der Waals surface area contributed by atoms with Gasteiger partial charge in [0.05, 0.1) is 25.2 Å². The number of ether oxygens (including phenoxy) is 1. The molecule has 3 fully saturated rings. The molecule has 5 nitrogen and oxygen atoms in total. The Morgan fingerprint density at radius 1 is 1.07 bits per heavy atom. The van der Waals surface area contributed by atoms with Crippen LogP contribution in [0.25, 0.3) is 0 Å². The summed E-state index contributed by atoms with van der Waals surface area (Å²) in [4.78, 5) is 17.1. The molecule has 1 N–H and O–H groups in total. The van der Waals surface area contributed by atoms with Gasteiger partial charge >= 0.3 is 0 Å². The second-order valence-corrected chi connectivity index (χ2v) is 9.67. The maximum Gasteiger partial charge on any atom is 0.225 e. The van der Waals surface area contributed by atoms with E-state index in [1.807, 2.05) is 4.90 Å². The van der Waals surface area contributed by atoms with E-state index in [1.165, 1.54) is 5.56 Å². The van der Waals surface area contributed by atoms with Crippen molar-refractivity contribution in [3.8, 4) is 0 Å². The summed E-state index contributed by atoms with van der Waals surface area (Å²) >= 11 is 0. The molecule has 0 saturated carbocycles. The van der Waals surface area contributed by atoms with E-state index in [4.69, 9.17) is 4.74 Å². The first-order valence-electron chi connectivity index (χ1n) is 10.7. The van der Waals surface area contributed by atoms with Crippen molar-refractivity contribution in [3.05, 3.63) is 35.9 Å². The highest BCUT2D eigenvalue weighted by Crippen LogP contribution is 2.47. The van der Waals surface area contributed by atoms with E-state index in [2.05, 4.69) is 49.1 Å². The third-order valence-electron chi connectivity index (χ3n) is 7.39. The van der Waals surface area contributed by atoms with Crippen molar-refractivity contribution < 1.29 is 14.6 Å². The molecule has 0 aliphatic carbocycles. The number of hydrogen-bond donors (Lipinski definition) is 1. The van der Waals surface area contributed by atoms with Crippen LogP contribution in [-0.2, 0) is 14.9 Å². The molecular weight excluding hydrogens is 352 g/mol. The lowest BCUT2D eigenvalue weighted by Crippen LogP contribution is -2.64. The quantitative estimate of drug-likeness (QED) is 0.868. The summed E-state index contributed by atoms with van der Waals surface area (Å²) in [6, 6.07) is 10.8. The van der Waals surface area contributed by atoms with E-state index in [0.29, 0.717) is 39.1 Å². The average Bonchev–Trinajstić information content (AvgIpc) is 2.70.